The maximum atomic E-state index is 12.7. The molecule has 0 unspecified atom stereocenters. The van der Waals surface area contributed by atoms with Crippen molar-refractivity contribution in [3.8, 4) is 23.1 Å². The Morgan fingerprint density at radius 1 is 0.943 bits per heavy atom. The van der Waals surface area contributed by atoms with E-state index < -0.39 is 0 Å². The minimum absolute atomic E-state index is 0.0467. The molecule has 0 aliphatic heterocycles. The van der Waals surface area contributed by atoms with Gasteiger partial charge in [0.2, 0.25) is 11.8 Å². The van der Waals surface area contributed by atoms with Gasteiger partial charge in [-0.2, -0.15) is 5.10 Å². The summed E-state index contributed by atoms with van der Waals surface area (Å²) in [6.45, 7) is 6.11. The lowest BCUT2D eigenvalue weighted by Crippen LogP contribution is -2.12. The quantitative estimate of drug-likeness (QED) is 0.307. The Balaban J connectivity index is 1.65. The molecule has 1 aromatic heterocycles. The fraction of sp³-hybridized carbons (Fsp3) is 0.241. The number of carbonyl (C=O) groups excluding carboxylic acids is 1. The maximum Gasteiger partial charge on any atom is 0.226 e. The number of nitrogens with zero attached hydrogens (tertiary/aromatic N) is 2. The number of benzene rings is 3. The number of aryl methyl sites for hydroxylation is 3. The normalized spacial score (nSPS) is 10.7. The van der Waals surface area contributed by atoms with Crippen LogP contribution in [0.15, 0.2) is 72.8 Å². The second-order valence-electron chi connectivity index (χ2n) is 8.53. The molecule has 4 aromatic rings. The van der Waals surface area contributed by atoms with Gasteiger partial charge in [-0.3, -0.25) is 4.79 Å². The second-order valence-corrected chi connectivity index (χ2v) is 8.53. The lowest BCUT2D eigenvalue weighted by Gasteiger charge is -2.12. The van der Waals surface area contributed by atoms with E-state index in [0.29, 0.717) is 18.7 Å². The molecule has 1 amide bonds. The number of aromatic nitrogens is 2. The van der Waals surface area contributed by atoms with E-state index in [4.69, 9.17) is 14.6 Å². The molecule has 4 rings (SSSR count). The molecule has 0 aliphatic rings. The number of carbonyl (C=O) groups is 1. The van der Waals surface area contributed by atoms with E-state index in [2.05, 4.69) is 12.2 Å². The molecule has 180 valence electrons. The summed E-state index contributed by atoms with van der Waals surface area (Å²) in [6.07, 6.45) is 1.56. The van der Waals surface area contributed by atoms with Crippen LogP contribution in [0.4, 0.5) is 5.69 Å². The molecule has 0 aliphatic carbocycles. The molecule has 1 N–H and O–H groups in total. The zero-order valence-corrected chi connectivity index (χ0v) is 20.7. The summed E-state index contributed by atoms with van der Waals surface area (Å²) in [5, 5.41) is 7.85. The van der Waals surface area contributed by atoms with Gasteiger partial charge in [-0.1, -0.05) is 36.8 Å². The topological polar surface area (TPSA) is 65.4 Å². The highest BCUT2D eigenvalue weighted by atomic mass is 16.5. The summed E-state index contributed by atoms with van der Waals surface area (Å²) in [7, 11) is 1.64. The second kappa shape index (κ2) is 10.9. The third-order valence-corrected chi connectivity index (χ3v) is 5.81. The van der Waals surface area contributed by atoms with Crippen molar-refractivity contribution in [1.82, 2.24) is 9.78 Å². The minimum atomic E-state index is -0.0467. The van der Waals surface area contributed by atoms with E-state index >= 15 is 0 Å². The number of nitrogens with one attached hydrogen (secondary N) is 1. The molecule has 0 saturated heterocycles. The lowest BCUT2D eigenvalue weighted by molar-refractivity contribution is -0.116. The predicted octanol–water partition coefficient (Wildman–Crippen LogP) is 6.42. The molecule has 35 heavy (non-hydrogen) atoms. The average Bonchev–Trinajstić information content (AvgIpc) is 3.21. The Morgan fingerprint density at radius 3 is 2.34 bits per heavy atom. The number of methoxy groups -OCH3 is 1. The molecule has 6 nitrogen and oxygen atoms in total. The fourth-order valence-electron chi connectivity index (χ4n) is 3.91. The first-order valence-electron chi connectivity index (χ1n) is 11.8. The van der Waals surface area contributed by atoms with Gasteiger partial charge in [0, 0.05) is 17.7 Å². The van der Waals surface area contributed by atoms with Crippen LogP contribution >= 0.6 is 0 Å². The molecule has 0 atom stereocenters. The smallest absolute Gasteiger partial charge is 0.226 e. The zero-order chi connectivity index (χ0) is 24.8. The first-order valence-corrected chi connectivity index (χ1v) is 11.8. The van der Waals surface area contributed by atoms with E-state index in [-0.39, 0.29) is 5.91 Å². The Labute approximate surface area is 206 Å². The van der Waals surface area contributed by atoms with Crippen molar-refractivity contribution >= 4 is 11.6 Å². The average molecular weight is 470 g/mol. The summed E-state index contributed by atoms with van der Waals surface area (Å²) in [5.74, 6) is 2.08. The molecule has 3 aromatic carbocycles. The molecular formula is C29H31N3O3. The van der Waals surface area contributed by atoms with Crippen LogP contribution in [-0.2, 0) is 17.6 Å². The number of rotatable bonds is 9. The summed E-state index contributed by atoms with van der Waals surface area (Å²) < 4.78 is 13.5. The maximum absolute atomic E-state index is 12.7. The Hall–Kier alpha value is -4.06. The van der Waals surface area contributed by atoms with E-state index in [1.165, 1.54) is 0 Å². The molecule has 0 spiro atoms. The van der Waals surface area contributed by atoms with E-state index in [9.17, 15) is 4.79 Å². The van der Waals surface area contributed by atoms with Crippen LogP contribution in [0.25, 0.3) is 5.69 Å². The van der Waals surface area contributed by atoms with Gasteiger partial charge in [0.05, 0.1) is 18.5 Å². The number of hydrogen-bond acceptors (Lipinski definition) is 4. The van der Waals surface area contributed by atoms with Gasteiger partial charge in [-0.05, 0) is 80.8 Å². The zero-order valence-electron chi connectivity index (χ0n) is 20.7. The number of ether oxygens (including phenoxy) is 2. The highest BCUT2D eigenvalue weighted by molar-refractivity contribution is 5.90. The van der Waals surface area contributed by atoms with Crippen LogP contribution in [0, 0.1) is 13.8 Å². The van der Waals surface area contributed by atoms with Gasteiger partial charge in [-0.15, -0.1) is 0 Å². The number of hydrogen-bond donors (Lipinski definition) is 1. The van der Waals surface area contributed by atoms with Gasteiger partial charge in [0.1, 0.15) is 11.5 Å². The molecular weight excluding hydrogens is 438 g/mol. The van der Waals surface area contributed by atoms with Gasteiger partial charge < -0.3 is 14.8 Å². The molecule has 0 saturated carbocycles. The summed E-state index contributed by atoms with van der Waals surface area (Å²) in [4.78, 5) is 12.7. The Kier molecular flexibility index (Phi) is 7.51. The fourth-order valence-corrected chi connectivity index (χ4v) is 3.91. The van der Waals surface area contributed by atoms with Gasteiger partial charge >= 0.3 is 0 Å². The molecule has 6 heteroatoms. The van der Waals surface area contributed by atoms with Gasteiger partial charge in [0.25, 0.3) is 0 Å². The van der Waals surface area contributed by atoms with Gasteiger partial charge in [-0.25, -0.2) is 4.68 Å². The number of anilines is 1. The molecule has 1 heterocycles. The highest BCUT2D eigenvalue weighted by Gasteiger charge is 2.21. The summed E-state index contributed by atoms with van der Waals surface area (Å²) >= 11 is 0. The van der Waals surface area contributed by atoms with Crippen molar-refractivity contribution in [2.75, 3.05) is 12.4 Å². The number of amides is 1. The van der Waals surface area contributed by atoms with E-state index in [1.807, 2.05) is 91.3 Å². The van der Waals surface area contributed by atoms with Crippen LogP contribution in [0.5, 0.6) is 17.4 Å². The summed E-state index contributed by atoms with van der Waals surface area (Å²) in [5.41, 5.74) is 5.75. The molecule has 0 fully saturated rings. The lowest BCUT2D eigenvalue weighted by atomic mass is 10.1. The van der Waals surface area contributed by atoms with Crippen molar-refractivity contribution in [2.45, 2.75) is 40.0 Å². The van der Waals surface area contributed by atoms with Crippen LogP contribution in [-0.4, -0.2) is 22.8 Å². The predicted molar refractivity (Wildman–Crippen MR) is 139 cm³/mol. The minimum Gasteiger partial charge on any atom is -0.497 e. The van der Waals surface area contributed by atoms with Gasteiger partial charge in [0.15, 0.2) is 0 Å². The standard InChI is InChI=1S/C29H31N3O3/c1-5-27-26(17-18-28(33)30-22-11-9-20(2)10-12-22)29(35-25-8-6-7-21(3)19-25)32(31-27)23-13-15-24(34-4)16-14-23/h6-16,19H,5,17-18H2,1-4H3,(H,30,33). The van der Waals surface area contributed by atoms with Crippen molar-refractivity contribution in [2.24, 2.45) is 0 Å². The third-order valence-electron chi connectivity index (χ3n) is 5.81. The first-order chi connectivity index (χ1) is 17.0. The van der Waals surface area contributed by atoms with Crippen molar-refractivity contribution in [3.63, 3.8) is 0 Å². The molecule has 0 radical (unpaired) electrons. The van der Waals surface area contributed by atoms with Crippen molar-refractivity contribution in [1.29, 1.82) is 0 Å². The van der Waals surface area contributed by atoms with E-state index in [1.54, 1.807) is 7.11 Å². The summed E-state index contributed by atoms with van der Waals surface area (Å²) in [6, 6.07) is 23.4. The van der Waals surface area contributed by atoms with Crippen LogP contribution < -0.4 is 14.8 Å². The molecule has 0 bridgehead atoms. The Bertz CT molecular complexity index is 1290. The monoisotopic (exact) mass is 469 g/mol. The van der Waals surface area contributed by atoms with Crippen LogP contribution in [0.1, 0.15) is 35.7 Å². The third kappa shape index (κ3) is 5.90. The van der Waals surface area contributed by atoms with Crippen LogP contribution in [0.3, 0.4) is 0 Å². The van der Waals surface area contributed by atoms with E-state index in [0.717, 1.165) is 51.7 Å². The SMILES string of the molecule is CCc1nn(-c2ccc(OC)cc2)c(Oc2cccc(C)c2)c1CCC(=O)Nc1ccc(C)cc1. The Morgan fingerprint density at radius 2 is 1.69 bits per heavy atom. The van der Waals surface area contributed by atoms with Crippen molar-refractivity contribution < 1.29 is 14.3 Å². The highest BCUT2D eigenvalue weighted by Crippen LogP contribution is 2.33. The van der Waals surface area contributed by atoms with Crippen LogP contribution in [0.2, 0.25) is 0 Å². The first kappa shape index (κ1) is 24.1. The van der Waals surface area contributed by atoms with Crippen molar-refractivity contribution in [3.05, 3.63) is 95.2 Å². The largest absolute Gasteiger partial charge is 0.497 e.